The summed E-state index contributed by atoms with van der Waals surface area (Å²) < 4.78 is 0. The van der Waals surface area contributed by atoms with E-state index in [1.54, 1.807) is 11.8 Å². The van der Waals surface area contributed by atoms with Gasteiger partial charge in [0.15, 0.2) is 0 Å². The third-order valence-electron chi connectivity index (χ3n) is 3.03. The van der Waals surface area contributed by atoms with E-state index < -0.39 is 0 Å². The number of carbonyl (C=O) groups excluding carboxylic acids is 1. The number of thioether (sulfide) groups is 1. The molecule has 2 rings (SSSR count). The first-order valence-corrected chi connectivity index (χ1v) is 7.72. The van der Waals surface area contributed by atoms with Crippen molar-refractivity contribution >= 4 is 17.7 Å². The van der Waals surface area contributed by atoms with Gasteiger partial charge in [0.1, 0.15) is 5.82 Å². The summed E-state index contributed by atoms with van der Waals surface area (Å²) in [7, 11) is 0. The summed E-state index contributed by atoms with van der Waals surface area (Å²) in [5.74, 6) is 0.643. The summed E-state index contributed by atoms with van der Waals surface area (Å²) in [4.78, 5) is 17.3. The number of amides is 1. The largest absolute Gasteiger partial charge is 0.343 e. The Hall–Kier alpha value is -1.82. The van der Waals surface area contributed by atoms with Gasteiger partial charge in [-0.05, 0) is 30.9 Å². The fourth-order valence-electron chi connectivity index (χ4n) is 1.79. The van der Waals surface area contributed by atoms with Crippen molar-refractivity contribution in [1.82, 2.24) is 20.5 Å². The maximum Gasteiger partial charge on any atom is 0.291 e. The van der Waals surface area contributed by atoms with Crippen molar-refractivity contribution in [2.24, 2.45) is 0 Å². The maximum absolute atomic E-state index is 12.0. The molecular formula is C14H18N4OS. The minimum atomic E-state index is -0.262. The van der Waals surface area contributed by atoms with Crippen molar-refractivity contribution in [3.05, 3.63) is 41.5 Å². The van der Waals surface area contributed by atoms with E-state index in [1.807, 2.05) is 44.4 Å². The Morgan fingerprint density at radius 3 is 2.65 bits per heavy atom. The van der Waals surface area contributed by atoms with E-state index in [2.05, 4.69) is 20.5 Å². The van der Waals surface area contributed by atoms with Crippen LogP contribution in [0.15, 0.2) is 29.2 Å². The van der Waals surface area contributed by atoms with Crippen LogP contribution in [-0.2, 0) is 6.42 Å². The van der Waals surface area contributed by atoms with Gasteiger partial charge in [-0.3, -0.25) is 9.89 Å². The molecule has 1 aromatic carbocycles. The maximum atomic E-state index is 12.0. The molecule has 20 heavy (non-hydrogen) atoms. The fourth-order valence-corrected chi connectivity index (χ4v) is 2.20. The molecule has 0 spiro atoms. The van der Waals surface area contributed by atoms with Gasteiger partial charge < -0.3 is 5.32 Å². The number of aryl methyl sites for hydroxylation is 1. The fraction of sp³-hybridized carbons (Fsp3) is 0.357. The average molecular weight is 290 g/mol. The van der Waals surface area contributed by atoms with Gasteiger partial charge >= 0.3 is 0 Å². The van der Waals surface area contributed by atoms with Crippen molar-refractivity contribution in [2.45, 2.75) is 31.2 Å². The first-order valence-electron chi connectivity index (χ1n) is 6.50. The Labute approximate surface area is 122 Å². The summed E-state index contributed by atoms with van der Waals surface area (Å²) >= 11 is 1.69. The van der Waals surface area contributed by atoms with Gasteiger partial charge in [-0.25, -0.2) is 4.98 Å². The summed E-state index contributed by atoms with van der Waals surface area (Å²) in [6.07, 6.45) is 2.76. The van der Waals surface area contributed by atoms with Crippen LogP contribution >= 0.6 is 11.8 Å². The van der Waals surface area contributed by atoms with Gasteiger partial charge in [0, 0.05) is 11.3 Å². The number of H-pyrrole nitrogens is 1. The molecule has 6 heteroatoms. The van der Waals surface area contributed by atoms with Gasteiger partial charge in [-0.15, -0.1) is 16.9 Å². The zero-order valence-electron chi connectivity index (χ0n) is 11.8. The molecular weight excluding hydrogens is 272 g/mol. The molecule has 0 aliphatic heterocycles. The third-order valence-corrected chi connectivity index (χ3v) is 3.78. The molecule has 2 aromatic rings. The minimum Gasteiger partial charge on any atom is -0.343 e. The van der Waals surface area contributed by atoms with Crippen molar-refractivity contribution in [2.75, 3.05) is 6.26 Å². The SMILES string of the molecule is CCc1nc(C(=O)NC(C)c2ccc(SC)cc2)n[nH]1. The van der Waals surface area contributed by atoms with Gasteiger partial charge in [0.25, 0.3) is 5.91 Å². The summed E-state index contributed by atoms with van der Waals surface area (Å²) in [6.45, 7) is 3.90. The molecule has 106 valence electrons. The number of benzene rings is 1. The number of rotatable bonds is 5. The van der Waals surface area contributed by atoms with Gasteiger partial charge in [0.2, 0.25) is 5.82 Å². The van der Waals surface area contributed by atoms with E-state index in [0.717, 1.165) is 12.0 Å². The molecule has 0 aliphatic carbocycles. The van der Waals surface area contributed by atoms with Crippen LogP contribution in [0, 0.1) is 0 Å². The van der Waals surface area contributed by atoms with Crippen molar-refractivity contribution in [1.29, 1.82) is 0 Å². The van der Waals surface area contributed by atoms with Crippen molar-refractivity contribution in [3.63, 3.8) is 0 Å². The molecule has 0 bridgehead atoms. The minimum absolute atomic E-state index is 0.0815. The second-order valence-corrected chi connectivity index (χ2v) is 5.31. The van der Waals surface area contributed by atoms with E-state index >= 15 is 0 Å². The summed E-state index contributed by atoms with van der Waals surface area (Å²) in [5.41, 5.74) is 1.06. The van der Waals surface area contributed by atoms with Gasteiger partial charge in [0.05, 0.1) is 6.04 Å². The number of nitrogens with zero attached hydrogens (tertiary/aromatic N) is 2. The normalized spacial score (nSPS) is 12.2. The standard InChI is InChI=1S/C14H18N4OS/c1-4-12-16-13(18-17-12)14(19)15-9(2)10-5-7-11(20-3)8-6-10/h5-9H,4H2,1-3H3,(H,15,19)(H,16,17,18). The van der Waals surface area contributed by atoms with Crippen LogP contribution in [-0.4, -0.2) is 27.3 Å². The molecule has 5 nitrogen and oxygen atoms in total. The van der Waals surface area contributed by atoms with Gasteiger partial charge in [-0.1, -0.05) is 19.1 Å². The van der Waals surface area contributed by atoms with Crippen LogP contribution < -0.4 is 5.32 Å². The second-order valence-electron chi connectivity index (χ2n) is 4.43. The Balaban J connectivity index is 2.02. The lowest BCUT2D eigenvalue weighted by Crippen LogP contribution is -2.27. The average Bonchev–Trinajstić information content (AvgIpc) is 2.96. The lowest BCUT2D eigenvalue weighted by molar-refractivity contribution is 0.0929. The Morgan fingerprint density at radius 2 is 2.10 bits per heavy atom. The van der Waals surface area contributed by atoms with Crippen molar-refractivity contribution < 1.29 is 4.79 Å². The molecule has 1 amide bonds. The number of nitrogens with one attached hydrogen (secondary N) is 2. The van der Waals surface area contributed by atoms with Crippen molar-refractivity contribution in [3.8, 4) is 0 Å². The van der Waals surface area contributed by atoms with E-state index in [4.69, 9.17) is 0 Å². The van der Waals surface area contributed by atoms with Crippen LogP contribution in [0.2, 0.25) is 0 Å². The summed E-state index contributed by atoms with van der Waals surface area (Å²) in [6, 6.07) is 8.05. The molecule has 1 heterocycles. The number of hydrogen-bond donors (Lipinski definition) is 2. The molecule has 1 atom stereocenters. The number of aromatic nitrogens is 3. The van der Waals surface area contributed by atoms with E-state index in [1.165, 1.54) is 4.90 Å². The Kier molecular flexibility index (Phi) is 4.79. The van der Waals surface area contributed by atoms with Gasteiger partial charge in [-0.2, -0.15) is 0 Å². The number of aromatic amines is 1. The molecule has 0 aliphatic rings. The monoisotopic (exact) mass is 290 g/mol. The highest BCUT2D eigenvalue weighted by atomic mass is 32.2. The molecule has 0 radical (unpaired) electrons. The van der Waals surface area contributed by atoms with Crippen LogP contribution in [0.4, 0.5) is 0 Å². The molecule has 1 unspecified atom stereocenters. The van der Waals surface area contributed by atoms with E-state index in [9.17, 15) is 4.79 Å². The van der Waals surface area contributed by atoms with Crippen LogP contribution in [0.5, 0.6) is 0 Å². The molecule has 0 saturated heterocycles. The van der Waals surface area contributed by atoms with Crippen LogP contribution in [0.3, 0.4) is 0 Å². The topological polar surface area (TPSA) is 70.7 Å². The highest BCUT2D eigenvalue weighted by Gasteiger charge is 2.15. The Bertz CT molecular complexity index is 579. The van der Waals surface area contributed by atoms with Crippen LogP contribution in [0.25, 0.3) is 0 Å². The lowest BCUT2D eigenvalue weighted by Gasteiger charge is -2.13. The molecule has 2 N–H and O–H groups in total. The number of hydrogen-bond acceptors (Lipinski definition) is 4. The lowest BCUT2D eigenvalue weighted by atomic mass is 10.1. The first kappa shape index (κ1) is 14.6. The van der Waals surface area contributed by atoms with E-state index in [0.29, 0.717) is 5.82 Å². The van der Waals surface area contributed by atoms with E-state index in [-0.39, 0.29) is 17.8 Å². The highest BCUT2D eigenvalue weighted by Crippen LogP contribution is 2.19. The predicted molar refractivity (Wildman–Crippen MR) is 79.9 cm³/mol. The molecule has 0 fully saturated rings. The number of carbonyl (C=O) groups is 1. The third kappa shape index (κ3) is 3.39. The summed E-state index contributed by atoms with van der Waals surface area (Å²) in [5, 5.41) is 9.55. The second kappa shape index (κ2) is 6.56. The predicted octanol–water partition coefficient (Wildman–Crippen LogP) is 2.58. The smallest absolute Gasteiger partial charge is 0.291 e. The first-order chi connectivity index (χ1) is 9.63. The zero-order chi connectivity index (χ0) is 14.5. The zero-order valence-corrected chi connectivity index (χ0v) is 12.6. The Morgan fingerprint density at radius 1 is 1.40 bits per heavy atom. The molecule has 0 saturated carbocycles. The van der Waals surface area contributed by atoms with Crippen LogP contribution in [0.1, 0.15) is 41.9 Å². The molecule has 1 aromatic heterocycles. The highest BCUT2D eigenvalue weighted by molar-refractivity contribution is 7.98. The quantitative estimate of drug-likeness (QED) is 0.830.